The zero-order valence-electron chi connectivity index (χ0n) is 16.0. The molecule has 28 heavy (non-hydrogen) atoms. The van der Waals surface area contributed by atoms with Crippen LogP contribution < -0.4 is 4.74 Å². The van der Waals surface area contributed by atoms with Crippen molar-refractivity contribution in [1.82, 2.24) is 4.90 Å². The fourth-order valence-electron chi connectivity index (χ4n) is 3.46. The van der Waals surface area contributed by atoms with Gasteiger partial charge in [-0.3, -0.25) is 4.79 Å². The van der Waals surface area contributed by atoms with Gasteiger partial charge in [-0.15, -0.1) is 0 Å². The molecule has 1 aliphatic rings. The molecule has 0 atom stereocenters. The Morgan fingerprint density at radius 3 is 2.36 bits per heavy atom. The van der Waals surface area contributed by atoms with Gasteiger partial charge in [0.1, 0.15) is 5.75 Å². The minimum absolute atomic E-state index is 0.0115. The van der Waals surface area contributed by atoms with Crippen LogP contribution >= 0.6 is 0 Å². The molecule has 0 aromatic heterocycles. The number of hydrogen-bond acceptors (Lipinski definition) is 2. The molecule has 1 aliphatic heterocycles. The van der Waals surface area contributed by atoms with Gasteiger partial charge in [-0.2, -0.15) is 0 Å². The second-order valence-corrected chi connectivity index (χ2v) is 6.96. The normalized spacial score (nSPS) is 12.1. The summed E-state index contributed by atoms with van der Waals surface area (Å²) in [6.07, 6.45) is 0. The van der Waals surface area contributed by atoms with Gasteiger partial charge in [0.25, 0.3) is 5.91 Å². The fraction of sp³-hybridized carbons (Fsp3) is 0.160. The highest BCUT2D eigenvalue weighted by atomic mass is 16.5. The van der Waals surface area contributed by atoms with Gasteiger partial charge < -0.3 is 9.64 Å². The van der Waals surface area contributed by atoms with Crippen LogP contribution in [-0.4, -0.2) is 17.9 Å². The summed E-state index contributed by atoms with van der Waals surface area (Å²) >= 11 is 0. The number of nitrogens with zero attached hydrogens (tertiary/aromatic N) is 1. The standard InChI is InChI=1S/C25H21NO2/c1-18-6-5-7-19(14-18)10-11-20-15-21(12-13-24(20)28-2)25(27)26-16-22-8-3-4-9-23(22)17-26/h3-9,12-15H,16-17H2,1-2H3. The van der Waals surface area contributed by atoms with Crippen molar-refractivity contribution in [3.63, 3.8) is 0 Å². The lowest BCUT2D eigenvalue weighted by Crippen LogP contribution is -2.25. The Labute approximate surface area is 165 Å². The maximum absolute atomic E-state index is 13.0. The molecule has 1 heterocycles. The quantitative estimate of drug-likeness (QED) is 0.622. The second-order valence-electron chi connectivity index (χ2n) is 6.96. The molecule has 0 fully saturated rings. The van der Waals surface area contributed by atoms with E-state index in [-0.39, 0.29) is 5.91 Å². The molecule has 1 amide bonds. The molecular weight excluding hydrogens is 346 g/mol. The van der Waals surface area contributed by atoms with Gasteiger partial charge >= 0.3 is 0 Å². The summed E-state index contributed by atoms with van der Waals surface area (Å²) in [5.74, 6) is 7.02. The van der Waals surface area contributed by atoms with Crippen molar-refractivity contribution < 1.29 is 9.53 Å². The van der Waals surface area contributed by atoms with Crippen LogP contribution in [0.1, 0.15) is 38.2 Å². The topological polar surface area (TPSA) is 29.5 Å². The molecule has 0 saturated carbocycles. The monoisotopic (exact) mass is 367 g/mol. The van der Waals surface area contributed by atoms with Crippen LogP contribution in [-0.2, 0) is 13.1 Å². The Hall–Kier alpha value is -3.51. The number of fused-ring (bicyclic) bond motifs is 1. The third kappa shape index (κ3) is 3.63. The van der Waals surface area contributed by atoms with Crippen molar-refractivity contribution in [3.05, 3.63) is 100 Å². The summed E-state index contributed by atoms with van der Waals surface area (Å²) in [6, 6.07) is 21.7. The SMILES string of the molecule is COc1ccc(C(=O)N2Cc3ccccc3C2)cc1C#Cc1cccc(C)c1. The van der Waals surface area contributed by atoms with Crippen LogP contribution in [0.5, 0.6) is 5.75 Å². The highest BCUT2D eigenvalue weighted by Gasteiger charge is 2.24. The third-order valence-corrected chi connectivity index (χ3v) is 4.93. The lowest BCUT2D eigenvalue weighted by atomic mass is 10.1. The summed E-state index contributed by atoms with van der Waals surface area (Å²) in [6.45, 7) is 3.33. The predicted octanol–water partition coefficient (Wildman–Crippen LogP) is 4.56. The maximum atomic E-state index is 13.0. The van der Waals surface area contributed by atoms with Gasteiger partial charge in [0.2, 0.25) is 0 Å². The van der Waals surface area contributed by atoms with E-state index in [2.05, 4.69) is 24.0 Å². The smallest absolute Gasteiger partial charge is 0.254 e. The maximum Gasteiger partial charge on any atom is 0.254 e. The highest BCUT2D eigenvalue weighted by Crippen LogP contribution is 2.26. The van der Waals surface area contributed by atoms with Crippen molar-refractivity contribution in [3.8, 4) is 17.6 Å². The number of ether oxygens (including phenoxy) is 1. The average Bonchev–Trinajstić information content (AvgIpc) is 3.16. The van der Waals surface area contributed by atoms with E-state index >= 15 is 0 Å². The molecule has 4 rings (SSSR count). The molecule has 3 aromatic rings. The number of methoxy groups -OCH3 is 1. The van der Waals surface area contributed by atoms with Crippen LogP contribution in [0.4, 0.5) is 0 Å². The molecule has 0 N–H and O–H groups in total. The molecule has 138 valence electrons. The van der Waals surface area contributed by atoms with Crippen LogP contribution in [0.15, 0.2) is 66.7 Å². The molecule has 0 saturated heterocycles. The first-order chi connectivity index (χ1) is 13.6. The Kier molecular flexibility index (Phi) is 4.87. The zero-order valence-corrected chi connectivity index (χ0v) is 16.0. The van der Waals surface area contributed by atoms with E-state index < -0.39 is 0 Å². The van der Waals surface area contributed by atoms with Crippen molar-refractivity contribution in [1.29, 1.82) is 0 Å². The van der Waals surface area contributed by atoms with Gasteiger partial charge in [-0.05, 0) is 53.9 Å². The summed E-state index contributed by atoms with van der Waals surface area (Å²) in [5, 5.41) is 0. The van der Waals surface area contributed by atoms with E-state index in [1.54, 1.807) is 7.11 Å². The number of benzene rings is 3. The van der Waals surface area contributed by atoms with E-state index in [1.807, 2.05) is 66.4 Å². The van der Waals surface area contributed by atoms with Gasteiger partial charge in [0.05, 0.1) is 12.7 Å². The summed E-state index contributed by atoms with van der Waals surface area (Å²) < 4.78 is 5.44. The zero-order chi connectivity index (χ0) is 19.5. The molecule has 0 spiro atoms. The molecule has 0 aliphatic carbocycles. The van der Waals surface area contributed by atoms with Crippen molar-refractivity contribution >= 4 is 5.91 Å². The first kappa shape index (κ1) is 17.9. The molecule has 0 unspecified atom stereocenters. The predicted molar refractivity (Wildman–Crippen MR) is 110 cm³/mol. The van der Waals surface area contributed by atoms with Crippen LogP contribution in [0.25, 0.3) is 0 Å². The van der Waals surface area contributed by atoms with Crippen LogP contribution in [0.2, 0.25) is 0 Å². The summed E-state index contributed by atoms with van der Waals surface area (Å²) in [7, 11) is 1.62. The van der Waals surface area contributed by atoms with Gasteiger partial charge in [0, 0.05) is 24.2 Å². The summed E-state index contributed by atoms with van der Waals surface area (Å²) in [5.41, 5.74) is 5.87. The summed E-state index contributed by atoms with van der Waals surface area (Å²) in [4.78, 5) is 14.9. The van der Waals surface area contributed by atoms with E-state index in [9.17, 15) is 4.79 Å². The Morgan fingerprint density at radius 1 is 0.929 bits per heavy atom. The Morgan fingerprint density at radius 2 is 1.68 bits per heavy atom. The number of amides is 1. The van der Waals surface area contributed by atoms with E-state index in [4.69, 9.17) is 4.74 Å². The molecule has 0 bridgehead atoms. The highest BCUT2D eigenvalue weighted by molar-refractivity contribution is 5.95. The minimum atomic E-state index is 0.0115. The Balaban J connectivity index is 1.61. The average molecular weight is 367 g/mol. The number of carbonyl (C=O) groups is 1. The van der Waals surface area contributed by atoms with Crippen LogP contribution in [0, 0.1) is 18.8 Å². The van der Waals surface area contributed by atoms with Gasteiger partial charge in [-0.1, -0.05) is 48.2 Å². The third-order valence-electron chi connectivity index (χ3n) is 4.93. The number of carbonyl (C=O) groups excluding carboxylic acids is 1. The molecule has 0 radical (unpaired) electrons. The van der Waals surface area contributed by atoms with Crippen molar-refractivity contribution in [2.24, 2.45) is 0 Å². The van der Waals surface area contributed by atoms with Gasteiger partial charge in [-0.25, -0.2) is 0 Å². The van der Waals surface area contributed by atoms with Crippen molar-refractivity contribution in [2.75, 3.05) is 7.11 Å². The van der Waals surface area contributed by atoms with Gasteiger partial charge in [0.15, 0.2) is 0 Å². The molecule has 3 heteroatoms. The van der Waals surface area contributed by atoms with Crippen LogP contribution in [0.3, 0.4) is 0 Å². The Bertz CT molecular complexity index is 1080. The lowest BCUT2D eigenvalue weighted by Gasteiger charge is -2.16. The molecule has 3 nitrogen and oxygen atoms in total. The lowest BCUT2D eigenvalue weighted by molar-refractivity contribution is 0.0751. The minimum Gasteiger partial charge on any atom is -0.495 e. The first-order valence-corrected chi connectivity index (χ1v) is 9.27. The molecule has 3 aromatic carbocycles. The van der Waals surface area contributed by atoms with E-state index in [0.717, 1.165) is 11.1 Å². The second kappa shape index (κ2) is 7.62. The number of aryl methyl sites for hydroxylation is 1. The number of rotatable bonds is 2. The van der Waals surface area contributed by atoms with E-state index in [1.165, 1.54) is 11.1 Å². The molecular formula is C25H21NO2. The largest absolute Gasteiger partial charge is 0.495 e. The fourth-order valence-corrected chi connectivity index (χ4v) is 3.46. The van der Waals surface area contributed by atoms with Crippen molar-refractivity contribution in [2.45, 2.75) is 20.0 Å². The van der Waals surface area contributed by atoms with E-state index in [0.29, 0.717) is 30.0 Å². The first-order valence-electron chi connectivity index (χ1n) is 9.27. The number of hydrogen-bond donors (Lipinski definition) is 0.